The van der Waals surface area contributed by atoms with Crippen LogP contribution in [0, 0.1) is 0 Å². The molecule has 26 heavy (non-hydrogen) atoms. The van der Waals surface area contributed by atoms with Crippen molar-refractivity contribution in [1.82, 2.24) is 34.9 Å². The molecule has 0 aliphatic carbocycles. The van der Waals surface area contributed by atoms with Crippen molar-refractivity contribution in [2.75, 3.05) is 12.8 Å². The standard InChI is InChI=1S/C17H21N7OS/c1-13(2)24-17(19-20-21-24)26-12-16(25)22(3)10-14-9-18-23(11-14)15-7-5-4-6-8-15/h4-9,11,13H,10,12H2,1-3H3. The molecule has 0 bridgehead atoms. The molecule has 1 amide bonds. The van der Waals surface area contributed by atoms with Gasteiger partial charge in [-0.2, -0.15) is 5.10 Å². The highest BCUT2D eigenvalue weighted by molar-refractivity contribution is 7.99. The first kappa shape index (κ1) is 18.1. The van der Waals surface area contributed by atoms with Gasteiger partial charge in [0.25, 0.3) is 0 Å². The number of carbonyl (C=O) groups excluding carboxylic acids is 1. The van der Waals surface area contributed by atoms with Gasteiger partial charge in [0, 0.05) is 25.4 Å². The van der Waals surface area contributed by atoms with Crippen molar-refractivity contribution in [3.05, 3.63) is 48.3 Å². The van der Waals surface area contributed by atoms with Crippen molar-refractivity contribution in [3.8, 4) is 5.69 Å². The fraction of sp³-hybridized carbons (Fsp3) is 0.353. The fourth-order valence-electron chi connectivity index (χ4n) is 2.37. The van der Waals surface area contributed by atoms with E-state index in [-0.39, 0.29) is 17.7 Å². The lowest BCUT2D eigenvalue weighted by Gasteiger charge is -2.16. The fourth-order valence-corrected chi connectivity index (χ4v) is 3.31. The molecule has 0 unspecified atom stereocenters. The first-order valence-corrected chi connectivity index (χ1v) is 9.26. The van der Waals surface area contributed by atoms with E-state index in [1.54, 1.807) is 27.5 Å². The van der Waals surface area contributed by atoms with Crippen molar-refractivity contribution < 1.29 is 4.79 Å². The first-order valence-electron chi connectivity index (χ1n) is 8.28. The van der Waals surface area contributed by atoms with Crippen LogP contribution in [0.2, 0.25) is 0 Å². The van der Waals surface area contributed by atoms with Crippen molar-refractivity contribution in [2.45, 2.75) is 31.6 Å². The Morgan fingerprint density at radius 2 is 2.04 bits per heavy atom. The number of amides is 1. The summed E-state index contributed by atoms with van der Waals surface area (Å²) in [6.07, 6.45) is 3.72. The van der Waals surface area contributed by atoms with Crippen LogP contribution in [-0.4, -0.2) is 53.6 Å². The van der Waals surface area contributed by atoms with Gasteiger partial charge in [-0.15, -0.1) is 5.10 Å². The summed E-state index contributed by atoms with van der Waals surface area (Å²) >= 11 is 1.35. The quantitative estimate of drug-likeness (QED) is 0.592. The topological polar surface area (TPSA) is 81.7 Å². The zero-order chi connectivity index (χ0) is 18.5. The number of thioether (sulfide) groups is 1. The Morgan fingerprint density at radius 3 is 2.77 bits per heavy atom. The van der Waals surface area contributed by atoms with Gasteiger partial charge >= 0.3 is 0 Å². The summed E-state index contributed by atoms with van der Waals surface area (Å²) in [5.41, 5.74) is 1.96. The van der Waals surface area contributed by atoms with Gasteiger partial charge in [-0.05, 0) is 36.4 Å². The highest BCUT2D eigenvalue weighted by Gasteiger charge is 2.15. The average molecular weight is 371 g/mol. The number of carbonyl (C=O) groups is 1. The molecule has 8 nitrogen and oxygen atoms in total. The molecule has 2 aromatic heterocycles. The highest BCUT2D eigenvalue weighted by atomic mass is 32.2. The van der Waals surface area contributed by atoms with Gasteiger partial charge in [0.1, 0.15) is 0 Å². The Balaban J connectivity index is 1.56. The summed E-state index contributed by atoms with van der Waals surface area (Å²) in [6.45, 7) is 4.50. The molecule has 3 aromatic rings. The molecule has 1 aromatic carbocycles. The molecule has 3 rings (SSSR count). The number of para-hydroxylation sites is 1. The predicted octanol–water partition coefficient (Wildman–Crippen LogP) is 2.19. The van der Waals surface area contributed by atoms with Crippen molar-refractivity contribution in [2.24, 2.45) is 0 Å². The molecule has 0 N–H and O–H groups in total. The maximum Gasteiger partial charge on any atom is 0.233 e. The molecule has 0 aliphatic heterocycles. The minimum Gasteiger partial charge on any atom is -0.341 e. The number of aromatic nitrogens is 6. The number of rotatable bonds is 7. The maximum absolute atomic E-state index is 12.4. The van der Waals surface area contributed by atoms with E-state index in [0.717, 1.165) is 11.3 Å². The van der Waals surface area contributed by atoms with E-state index in [1.807, 2.05) is 50.4 Å². The van der Waals surface area contributed by atoms with Crippen LogP contribution in [0.4, 0.5) is 0 Å². The van der Waals surface area contributed by atoms with Crippen molar-refractivity contribution in [3.63, 3.8) is 0 Å². The minimum absolute atomic E-state index is 0.0146. The molecule has 0 fully saturated rings. The normalized spacial score (nSPS) is 11.1. The third-order valence-electron chi connectivity index (χ3n) is 3.78. The number of nitrogens with zero attached hydrogens (tertiary/aromatic N) is 7. The van der Waals surface area contributed by atoms with Gasteiger partial charge < -0.3 is 4.90 Å². The van der Waals surface area contributed by atoms with Crippen LogP contribution in [0.1, 0.15) is 25.5 Å². The van der Waals surface area contributed by atoms with Crippen LogP contribution < -0.4 is 0 Å². The zero-order valence-corrected chi connectivity index (χ0v) is 15.8. The molecule has 0 saturated carbocycles. The molecule has 0 spiro atoms. The highest BCUT2D eigenvalue weighted by Crippen LogP contribution is 2.18. The lowest BCUT2D eigenvalue weighted by molar-refractivity contribution is -0.127. The Morgan fingerprint density at radius 1 is 1.27 bits per heavy atom. The summed E-state index contributed by atoms with van der Waals surface area (Å²) in [7, 11) is 1.79. The van der Waals surface area contributed by atoms with E-state index in [1.165, 1.54) is 11.8 Å². The van der Waals surface area contributed by atoms with Crippen molar-refractivity contribution >= 4 is 17.7 Å². The largest absolute Gasteiger partial charge is 0.341 e. The summed E-state index contributed by atoms with van der Waals surface area (Å²) in [4.78, 5) is 14.1. The SMILES string of the molecule is CC(C)n1nnnc1SCC(=O)N(C)Cc1cnn(-c2ccccc2)c1. The van der Waals surface area contributed by atoms with Crippen LogP contribution in [0.3, 0.4) is 0 Å². The van der Waals surface area contributed by atoms with E-state index >= 15 is 0 Å². The third-order valence-corrected chi connectivity index (χ3v) is 4.70. The van der Waals surface area contributed by atoms with Gasteiger partial charge in [0.2, 0.25) is 11.1 Å². The number of hydrogen-bond acceptors (Lipinski definition) is 6. The smallest absolute Gasteiger partial charge is 0.233 e. The lowest BCUT2D eigenvalue weighted by Crippen LogP contribution is -2.27. The second kappa shape index (κ2) is 8.13. The second-order valence-corrected chi connectivity index (χ2v) is 7.11. The Labute approximate surface area is 156 Å². The third kappa shape index (κ3) is 4.29. The summed E-state index contributed by atoms with van der Waals surface area (Å²) in [5.74, 6) is 0.303. The van der Waals surface area contributed by atoms with Crippen molar-refractivity contribution in [1.29, 1.82) is 0 Å². The predicted molar refractivity (Wildman–Crippen MR) is 99.0 cm³/mol. The first-order chi connectivity index (χ1) is 12.5. The van der Waals surface area contributed by atoms with Gasteiger partial charge in [-0.1, -0.05) is 30.0 Å². The Kier molecular flexibility index (Phi) is 5.67. The molecule has 136 valence electrons. The molecule has 2 heterocycles. The van der Waals surface area contributed by atoms with E-state index in [0.29, 0.717) is 11.7 Å². The zero-order valence-electron chi connectivity index (χ0n) is 15.0. The van der Waals surface area contributed by atoms with Crippen LogP contribution in [0.5, 0.6) is 0 Å². The second-order valence-electron chi connectivity index (χ2n) is 6.17. The van der Waals surface area contributed by atoms with Gasteiger partial charge in [-0.25, -0.2) is 9.36 Å². The monoisotopic (exact) mass is 371 g/mol. The van der Waals surface area contributed by atoms with Gasteiger partial charge in [0.15, 0.2) is 0 Å². The Hall–Kier alpha value is -2.68. The summed E-state index contributed by atoms with van der Waals surface area (Å²) in [6, 6.07) is 10.0. The maximum atomic E-state index is 12.4. The van der Waals surface area contributed by atoms with E-state index in [9.17, 15) is 4.79 Å². The molecule has 0 radical (unpaired) electrons. The summed E-state index contributed by atoms with van der Waals surface area (Å²) < 4.78 is 3.51. The van der Waals surface area contributed by atoms with E-state index in [2.05, 4.69) is 20.6 Å². The molecule has 0 atom stereocenters. The number of tetrazole rings is 1. The molecular formula is C17H21N7OS. The Bertz CT molecular complexity index is 859. The number of hydrogen-bond donors (Lipinski definition) is 0. The van der Waals surface area contributed by atoms with E-state index < -0.39 is 0 Å². The molecule has 0 aliphatic rings. The lowest BCUT2D eigenvalue weighted by atomic mass is 10.3. The minimum atomic E-state index is 0.0146. The van der Waals surface area contributed by atoms with Crippen LogP contribution in [0.25, 0.3) is 5.69 Å². The van der Waals surface area contributed by atoms with Crippen LogP contribution in [0.15, 0.2) is 47.9 Å². The molecule has 9 heteroatoms. The molecule has 0 saturated heterocycles. The number of benzene rings is 1. The summed E-state index contributed by atoms with van der Waals surface area (Å²) in [5, 5.41) is 16.6. The van der Waals surface area contributed by atoms with E-state index in [4.69, 9.17) is 0 Å². The van der Waals surface area contributed by atoms with Gasteiger partial charge in [-0.3, -0.25) is 4.79 Å². The van der Waals surface area contributed by atoms with Crippen LogP contribution >= 0.6 is 11.8 Å². The molecular weight excluding hydrogens is 350 g/mol. The van der Waals surface area contributed by atoms with Crippen LogP contribution in [-0.2, 0) is 11.3 Å². The van der Waals surface area contributed by atoms with Gasteiger partial charge in [0.05, 0.1) is 23.7 Å². The average Bonchev–Trinajstić information content (AvgIpc) is 3.29.